The third-order valence-electron chi connectivity index (χ3n) is 4.91. The van der Waals surface area contributed by atoms with Crippen LogP contribution in [-0.2, 0) is 10.0 Å². The van der Waals surface area contributed by atoms with Crippen molar-refractivity contribution in [2.24, 2.45) is 5.92 Å². The molecule has 3 rings (SSSR count). The Bertz CT molecular complexity index is 1090. The molecule has 8 nitrogen and oxygen atoms in total. The van der Waals surface area contributed by atoms with Gasteiger partial charge >= 0.3 is 5.69 Å². The zero-order valence-corrected chi connectivity index (χ0v) is 17.0. The van der Waals surface area contributed by atoms with Gasteiger partial charge in [0.2, 0.25) is 15.8 Å². The molecular formula is C20H21N3O5S. The van der Waals surface area contributed by atoms with Crippen LogP contribution in [0.3, 0.4) is 0 Å². The normalized spacial score (nSPS) is 17.5. The van der Waals surface area contributed by atoms with Gasteiger partial charge in [-0.3, -0.25) is 10.1 Å². The molecule has 1 aliphatic heterocycles. The molecule has 29 heavy (non-hydrogen) atoms. The Morgan fingerprint density at radius 2 is 1.97 bits per heavy atom. The molecular weight excluding hydrogens is 394 g/mol. The first-order valence-electron chi connectivity index (χ1n) is 9.19. The summed E-state index contributed by atoms with van der Waals surface area (Å²) in [5, 5.41) is 20.5. The van der Waals surface area contributed by atoms with Gasteiger partial charge in [-0.25, -0.2) is 8.42 Å². The second-order valence-corrected chi connectivity index (χ2v) is 9.13. The fourth-order valence-corrected chi connectivity index (χ4v) is 4.97. The van der Waals surface area contributed by atoms with Gasteiger partial charge in [0.25, 0.3) is 0 Å². The van der Waals surface area contributed by atoms with E-state index in [1.807, 2.05) is 13.0 Å². The number of hydrogen-bond acceptors (Lipinski definition) is 6. The quantitative estimate of drug-likeness (QED) is 0.539. The van der Waals surface area contributed by atoms with Gasteiger partial charge in [0, 0.05) is 19.2 Å². The third-order valence-corrected chi connectivity index (χ3v) is 6.77. The van der Waals surface area contributed by atoms with Crippen molar-refractivity contribution in [3.63, 3.8) is 0 Å². The van der Waals surface area contributed by atoms with Gasteiger partial charge in [-0.05, 0) is 61.6 Å². The van der Waals surface area contributed by atoms with Crippen LogP contribution in [0.15, 0.2) is 41.3 Å². The molecule has 0 aromatic heterocycles. The zero-order chi connectivity index (χ0) is 21.2. The van der Waals surface area contributed by atoms with Crippen LogP contribution in [0.5, 0.6) is 11.5 Å². The Hall–Kier alpha value is -2.96. The molecule has 2 aromatic carbocycles. The second-order valence-electron chi connectivity index (χ2n) is 7.19. The van der Waals surface area contributed by atoms with Crippen LogP contribution in [0.25, 0.3) is 0 Å². The largest absolute Gasteiger partial charge is 0.450 e. The maximum Gasteiger partial charge on any atom is 0.312 e. The van der Waals surface area contributed by atoms with Crippen molar-refractivity contribution in [2.45, 2.75) is 31.6 Å². The lowest BCUT2D eigenvalue weighted by Crippen LogP contribution is -2.39. The standard InChI is InChI=1S/C20H21N3O5S/c1-14-4-3-9-22(13-14)29(26,27)17-6-8-20(18(11-17)23(24)25)28-19-7-5-16(12-21)10-15(19)2/h5-8,10-11,14H,3-4,9,13H2,1-2H3/t14-/m1/s1. The highest BCUT2D eigenvalue weighted by Gasteiger charge is 2.31. The number of hydrogen-bond donors (Lipinski definition) is 0. The Balaban J connectivity index is 1.95. The summed E-state index contributed by atoms with van der Waals surface area (Å²) < 4.78 is 32.9. The zero-order valence-electron chi connectivity index (χ0n) is 16.2. The lowest BCUT2D eigenvalue weighted by molar-refractivity contribution is -0.385. The topological polar surface area (TPSA) is 114 Å². The Morgan fingerprint density at radius 3 is 2.59 bits per heavy atom. The van der Waals surface area contributed by atoms with Gasteiger partial charge in [-0.1, -0.05) is 6.92 Å². The molecule has 1 atom stereocenters. The van der Waals surface area contributed by atoms with Crippen molar-refractivity contribution in [1.82, 2.24) is 4.31 Å². The summed E-state index contributed by atoms with van der Waals surface area (Å²) in [6, 6.07) is 10.4. The number of aryl methyl sites for hydroxylation is 1. The third kappa shape index (κ3) is 4.39. The minimum Gasteiger partial charge on any atom is -0.450 e. The number of nitro groups is 1. The monoisotopic (exact) mass is 415 g/mol. The smallest absolute Gasteiger partial charge is 0.312 e. The highest BCUT2D eigenvalue weighted by Crippen LogP contribution is 2.36. The molecule has 9 heteroatoms. The summed E-state index contributed by atoms with van der Waals surface area (Å²) in [5.41, 5.74) is 0.652. The molecule has 0 amide bonds. The van der Waals surface area contributed by atoms with Crippen molar-refractivity contribution in [1.29, 1.82) is 5.26 Å². The molecule has 0 saturated carbocycles. The van der Waals surface area contributed by atoms with E-state index in [2.05, 4.69) is 0 Å². The Labute approximate surface area is 169 Å². The highest BCUT2D eigenvalue weighted by molar-refractivity contribution is 7.89. The van der Waals surface area contributed by atoms with Crippen molar-refractivity contribution in [2.75, 3.05) is 13.1 Å². The van der Waals surface area contributed by atoms with Gasteiger partial charge < -0.3 is 4.74 Å². The molecule has 1 fully saturated rings. The number of ether oxygens (including phenoxy) is 1. The molecule has 0 radical (unpaired) electrons. The van der Waals surface area contributed by atoms with E-state index < -0.39 is 20.6 Å². The lowest BCUT2D eigenvalue weighted by Gasteiger charge is -2.30. The van der Waals surface area contributed by atoms with E-state index in [0.717, 1.165) is 18.9 Å². The number of nitriles is 1. The van der Waals surface area contributed by atoms with Crippen LogP contribution in [0.4, 0.5) is 5.69 Å². The molecule has 152 valence electrons. The first-order chi connectivity index (χ1) is 13.7. The van der Waals surface area contributed by atoms with Crippen molar-refractivity contribution in [3.05, 3.63) is 57.6 Å². The van der Waals surface area contributed by atoms with Crippen LogP contribution in [0, 0.1) is 34.3 Å². The lowest BCUT2D eigenvalue weighted by atomic mass is 10.0. The first-order valence-corrected chi connectivity index (χ1v) is 10.6. The van der Waals surface area contributed by atoms with Crippen molar-refractivity contribution < 1.29 is 18.1 Å². The van der Waals surface area contributed by atoms with Crippen LogP contribution in [0.1, 0.15) is 30.9 Å². The molecule has 1 heterocycles. The molecule has 0 spiro atoms. The highest BCUT2D eigenvalue weighted by atomic mass is 32.2. The van der Waals surface area contributed by atoms with Crippen LogP contribution in [-0.4, -0.2) is 30.7 Å². The molecule has 1 saturated heterocycles. The second kappa shape index (κ2) is 8.19. The van der Waals surface area contributed by atoms with E-state index >= 15 is 0 Å². The minimum absolute atomic E-state index is 0.0613. The predicted molar refractivity (Wildman–Crippen MR) is 106 cm³/mol. The van der Waals surface area contributed by atoms with Gasteiger partial charge in [-0.15, -0.1) is 0 Å². The summed E-state index contributed by atoms with van der Waals surface area (Å²) in [5.74, 6) is 0.539. The van der Waals surface area contributed by atoms with Gasteiger partial charge in [0.15, 0.2) is 0 Å². The predicted octanol–water partition coefficient (Wildman–Crippen LogP) is 3.99. The molecule has 0 unspecified atom stereocenters. The first kappa shape index (κ1) is 20.8. The average molecular weight is 415 g/mol. The molecule has 0 N–H and O–H groups in total. The number of nitro benzene ring substituents is 1. The van der Waals surface area contributed by atoms with Gasteiger partial charge in [0.1, 0.15) is 5.75 Å². The van der Waals surface area contributed by atoms with Crippen LogP contribution in [0.2, 0.25) is 0 Å². The van der Waals surface area contributed by atoms with E-state index in [4.69, 9.17) is 10.00 Å². The summed E-state index contributed by atoms with van der Waals surface area (Å²) >= 11 is 0. The maximum atomic E-state index is 12.9. The van der Waals surface area contributed by atoms with E-state index in [0.29, 0.717) is 30.0 Å². The number of rotatable bonds is 5. The number of benzene rings is 2. The maximum absolute atomic E-state index is 12.9. The number of nitrogens with zero attached hydrogens (tertiary/aromatic N) is 3. The van der Waals surface area contributed by atoms with E-state index in [-0.39, 0.29) is 16.6 Å². The van der Waals surface area contributed by atoms with E-state index in [1.54, 1.807) is 25.1 Å². The molecule has 0 bridgehead atoms. The van der Waals surface area contributed by atoms with Gasteiger partial charge in [-0.2, -0.15) is 9.57 Å². The molecule has 2 aromatic rings. The average Bonchev–Trinajstić information content (AvgIpc) is 2.69. The summed E-state index contributed by atoms with van der Waals surface area (Å²) in [6.45, 7) is 4.52. The number of sulfonamides is 1. The molecule has 0 aliphatic carbocycles. The Kier molecular flexibility index (Phi) is 5.86. The summed E-state index contributed by atoms with van der Waals surface area (Å²) in [4.78, 5) is 10.8. The number of piperidine rings is 1. The fourth-order valence-electron chi connectivity index (χ4n) is 3.35. The molecule has 1 aliphatic rings. The summed E-state index contributed by atoms with van der Waals surface area (Å²) in [6.07, 6.45) is 1.73. The van der Waals surface area contributed by atoms with Gasteiger partial charge in [0.05, 0.1) is 21.5 Å². The van der Waals surface area contributed by atoms with Crippen LogP contribution >= 0.6 is 0 Å². The van der Waals surface area contributed by atoms with Crippen molar-refractivity contribution in [3.8, 4) is 17.6 Å². The van der Waals surface area contributed by atoms with Crippen molar-refractivity contribution >= 4 is 15.7 Å². The minimum atomic E-state index is -3.82. The summed E-state index contributed by atoms with van der Waals surface area (Å²) in [7, 11) is -3.82. The van der Waals surface area contributed by atoms with E-state index in [1.165, 1.54) is 16.4 Å². The Morgan fingerprint density at radius 1 is 1.24 bits per heavy atom. The van der Waals surface area contributed by atoms with Crippen LogP contribution < -0.4 is 4.74 Å². The van der Waals surface area contributed by atoms with E-state index in [9.17, 15) is 18.5 Å². The SMILES string of the molecule is Cc1cc(C#N)ccc1Oc1ccc(S(=O)(=O)N2CCC[C@@H](C)C2)cc1[N+](=O)[O-]. The fraction of sp³-hybridized carbons (Fsp3) is 0.350.